The minimum Gasteiger partial charge on any atom is -0.352 e. The second-order valence-electron chi connectivity index (χ2n) is 5.57. The molecule has 1 N–H and O–H groups in total. The number of carbonyl (C=O) groups is 1. The van der Waals surface area contributed by atoms with Gasteiger partial charge in [-0.15, -0.1) is 0 Å². The van der Waals surface area contributed by atoms with Gasteiger partial charge in [-0.05, 0) is 39.7 Å². The summed E-state index contributed by atoms with van der Waals surface area (Å²) in [5, 5.41) is 7.51. The normalized spacial score (nSPS) is 12.4. The third kappa shape index (κ3) is 3.21. The van der Waals surface area contributed by atoms with Gasteiger partial charge >= 0.3 is 0 Å². The number of rotatable bonds is 6. The van der Waals surface area contributed by atoms with E-state index < -0.39 is 0 Å². The molecule has 0 fully saturated rings. The highest BCUT2D eigenvalue weighted by molar-refractivity contribution is 5.79. The SMILES string of the molecule is CCc1c(C)nn(CCNC(=O)[C@H](C)n2ccnc2C)c1C. The number of nitrogens with zero attached hydrogens (tertiary/aromatic N) is 4. The van der Waals surface area contributed by atoms with Gasteiger partial charge in [0, 0.05) is 24.6 Å². The molecule has 0 aliphatic carbocycles. The summed E-state index contributed by atoms with van der Waals surface area (Å²) >= 11 is 0. The lowest BCUT2D eigenvalue weighted by Crippen LogP contribution is -2.33. The molecule has 0 radical (unpaired) electrons. The summed E-state index contributed by atoms with van der Waals surface area (Å²) in [5.74, 6) is 0.840. The van der Waals surface area contributed by atoms with Crippen molar-refractivity contribution in [3.8, 4) is 0 Å². The molecule has 0 aliphatic rings. The molecule has 6 heteroatoms. The Hall–Kier alpha value is -2.11. The van der Waals surface area contributed by atoms with Crippen molar-refractivity contribution >= 4 is 5.91 Å². The van der Waals surface area contributed by atoms with Crippen LogP contribution in [0.4, 0.5) is 0 Å². The van der Waals surface area contributed by atoms with E-state index in [1.165, 1.54) is 11.3 Å². The maximum absolute atomic E-state index is 12.2. The first kappa shape index (κ1) is 16.3. The Morgan fingerprint density at radius 1 is 1.36 bits per heavy atom. The summed E-state index contributed by atoms with van der Waals surface area (Å²) in [4.78, 5) is 16.4. The zero-order valence-electron chi connectivity index (χ0n) is 14.1. The Kier molecular flexibility index (Phi) is 5.00. The molecule has 6 nitrogen and oxygen atoms in total. The van der Waals surface area contributed by atoms with E-state index in [2.05, 4.69) is 29.2 Å². The van der Waals surface area contributed by atoms with Gasteiger partial charge in [0.25, 0.3) is 0 Å². The number of nitrogens with one attached hydrogen (secondary N) is 1. The summed E-state index contributed by atoms with van der Waals surface area (Å²) < 4.78 is 3.84. The van der Waals surface area contributed by atoms with Crippen LogP contribution in [0.15, 0.2) is 12.4 Å². The lowest BCUT2D eigenvalue weighted by atomic mass is 10.1. The average Bonchev–Trinajstić information content (AvgIpc) is 3.02. The second-order valence-corrected chi connectivity index (χ2v) is 5.57. The first-order valence-corrected chi connectivity index (χ1v) is 7.75. The highest BCUT2D eigenvalue weighted by Gasteiger charge is 2.16. The van der Waals surface area contributed by atoms with Crippen molar-refractivity contribution in [2.45, 2.75) is 53.6 Å². The molecule has 0 saturated heterocycles. The van der Waals surface area contributed by atoms with Crippen LogP contribution in [-0.4, -0.2) is 31.8 Å². The van der Waals surface area contributed by atoms with Gasteiger partial charge in [0.1, 0.15) is 11.9 Å². The quantitative estimate of drug-likeness (QED) is 0.887. The Labute approximate surface area is 131 Å². The van der Waals surface area contributed by atoms with Crippen LogP contribution < -0.4 is 5.32 Å². The van der Waals surface area contributed by atoms with Crippen LogP contribution in [0.25, 0.3) is 0 Å². The van der Waals surface area contributed by atoms with E-state index in [1.807, 2.05) is 36.2 Å². The summed E-state index contributed by atoms with van der Waals surface area (Å²) in [6.45, 7) is 11.3. The van der Waals surface area contributed by atoms with Crippen molar-refractivity contribution in [1.29, 1.82) is 0 Å². The van der Waals surface area contributed by atoms with Crippen molar-refractivity contribution in [3.05, 3.63) is 35.2 Å². The van der Waals surface area contributed by atoms with Gasteiger partial charge in [-0.1, -0.05) is 6.92 Å². The van der Waals surface area contributed by atoms with Crippen LogP contribution in [-0.2, 0) is 17.8 Å². The summed E-state index contributed by atoms with van der Waals surface area (Å²) in [6.07, 6.45) is 4.52. The van der Waals surface area contributed by atoms with Crippen LogP contribution in [0.5, 0.6) is 0 Å². The molecule has 0 aliphatic heterocycles. The van der Waals surface area contributed by atoms with Crippen molar-refractivity contribution < 1.29 is 4.79 Å². The highest BCUT2D eigenvalue weighted by atomic mass is 16.2. The number of hydrogen-bond acceptors (Lipinski definition) is 3. The molecular formula is C16H25N5O. The molecule has 2 aromatic heterocycles. The lowest BCUT2D eigenvalue weighted by molar-refractivity contribution is -0.123. The van der Waals surface area contributed by atoms with Gasteiger partial charge in [-0.2, -0.15) is 5.10 Å². The van der Waals surface area contributed by atoms with Gasteiger partial charge in [0.05, 0.1) is 12.2 Å². The molecule has 0 saturated carbocycles. The van der Waals surface area contributed by atoms with Gasteiger partial charge in [0.15, 0.2) is 0 Å². The van der Waals surface area contributed by atoms with Crippen LogP contribution in [0.3, 0.4) is 0 Å². The molecule has 1 atom stereocenters. The van der Waals surface area contributed by atoms with E-state index in [1.54, 1.807) is 6.20 Å². The lowest BCUT2D eigenvalue weighted by Gasteiger charge is -2.15. The van der Waals surface area contributed by atoms with E-state index >= 15 is 0 Å². The zero-order valence-corrected chi connectivity index (χ0v) is 14.1. The second kappa shape index (κ2) is 6.77. The molecule has 22 heavy (non-hydrogen) atoms. The Morgan fingerprint density at radius 3 is 2.64 bits per heavy atom. The fraction of sp³-hybridized carbons (Fsp3) is 0.562. The Balaban J connectivity index is 1.91. The van der Waals surface area contributed by atoms with Gasteiger partial charge in [-0.3, -0.25) is 9.48 Å². The van der Waals surface area contributed by atoms with E-state index in [-0.39, 0.29) is 11.9 Å². The Morgan fingerprint density at radius 2 is 2.09 bits per heavy atom. The maximum Gasteiger partial charge on any atom is 0.242 e. The number of imidazole rings is 1. The van der Waals surface area contributed by atoms with Crippen molar-refractivity contribution in [3.63, 3.8) is 0 Å². The highest BCUT2D eigenvalue weighted by Crippen LogP contribution is 2.13. The van der Waals surface area contributed by atoms with E-state index in [4.69, 9.17) is 0 Å². The third-order valence-corrected chi connectivity index (χ3v) is 4.17. The fourth-order valence-corrected chi connectivity index (χ4v) is 2.82. The average molecular weight is 303 g/mol. The molecule has 0 spiro atoms. The first-order valence-electron chi connectivity index (χ1n) is 7.75. The number of aryl methyl sites for hydroxylation is 2. The topological polar surface area (TPSA) is 64.7 Å². The maximum atomic E-state index is 12.2. The summed E-state index contributed by atoms with van der Waals surface area (Å²) in [7, 11) is 0. The molecule has 1 amide bonds. The standard InChI is InChI=1S/C16H25N5O/c1-6-15-11(2)19-21(12(15)3)10-8-18-16(22)13(4)20-9-7-17-14(20)5/h7,9,13H,6,8,10H2,1-5H3,(H,18,22)/t13-/m0/s1. The van der Waals surface area contributed by atoms with Crippen LogP contribution >= 0.6 is 0 Å². The van der Waals surface area contributed by atoms with Crippen LogP contribution in [0, 0.1) is 20.8 Å². The van der Waals surface area contributed by atoms with E-state index in [0.29, 0.717) is 13.1 Å². The largest absolute Gasteiger partial charge is 0.352 e. The molecule has 120 valence electrons. The van der Waals surface area contributed by atoms with Crippen molar-refractivity contribution in [2.75, 3.05) is 6.54 Å². The number of amides is 1. The van der Waals surface area contributed by atoms with Crippen LogP contribution in [0.1, 0.15) is 42.7 Å². The Bertz CT molecular complexity index is 656. The van der Waals surface area contributed by atoms with Crippen molar-refractivity contribution in [1.82, 2.24) is 24.6 Å². The fourth-order valence-electron chi connectivity index (χ4n) is 2.82. The predicted molar refractivity (Wildman–Crippen MR) is 85.8 cm³/mol. The molecule has 0 unspecified atom stereocenters. The molecular weight excluding hydrogens is 278 g/mol. The third-order valence-electron chi connectivity index (χ3n) is 4.17. The number of carbonyl (C=O) groups excluding carboxylic acids is 1. The first-order chi connectivity index (χ1) is 10.5. The minimum atomic E-state index is -0.255. The van der Waals surface area contributed by atoms with E-state index in [9.17, 15) is 4.79 Å². The zero-order chi connectivity index (χ0) is 16.3. The predicted octanol–water partition coefficient (Wildman–Crippen LogP) is 1.94. The molecule has 2 rings (SSSR count). The molecule has 2 heterocycles. The van der Waals surface area contributed by atoms with Gasteiger partial charge in [0.2, 0.25) is 5.91 Å². The van der Waals surface area contributed by atoms with Gasteiger partial charge < -0.3 is 9.88 Å². The smallest absolute Gasteiger partial charge is 0.242 e. The monoisotopic (exact) mass is 303 g/mol. The molecule has 0 aromatic carbocycles. The summed E-state index contributed by atoms with van der Waals surface area (Å²) in [6, 6.07) is -0.255. The number of aromatic nitrogens is 4. The summed E-state index contributed by atoms with van der Waals surface area (Å²) in [5.41, 5.74) is 3.57. The molecule has 0 bridgehead atoms. The molecule has 2 aromatic rings. The van der Waals surface area contributed by atoms with Crippen molar-refractivity contribution in [2.24, 2.45) is 0 Å². The van der Waals surface area contributed by atoms with Crippen LogP contribution in [0.2, 0.25) is 0 Å². The van der Waals surface area contributed by atoms with E-state index in [0.717, 1.165) is 17.9 Å². The number of hydrogen-bond donors (Lipinski definition) is 1. The minimum absolute atomic E-state index is 0.00153. The van der Waals surface area contributed by atoms with Gasteiger partial charge in [-0.25, -0.2) is 4.98 Å².